The lowest BCUT2D eigenvalue weighted by atomic mass is 9.48. The minimum absolute atomic E-state index is 0.178. The van der Waals surface area contributed by atoms with Gasteiger partial charge in [-0.2, -0.15) is 0 Å². The molecule has 1 aliphatic heterocycles. The van der Waals surface area contributed by atoms with Crippen LogP contribution in [0.4, 0.5) is 4.39 Å². The van der Waals surface area contributed by atoms with Gasteiger partial charge < -0.3 is 4.90 Å². The maximum Gasteiger partial charge on any atom is 0.282 e. The number of halogens is 1. The fraction of sp³-hybridized carbons (Fsp3) is 0.850. The van der Waals surface area contributed by atoms with Crippen molar-refractivity contribution in [2.24, 2.45) is 34.5 Å². The van der Waals surface area contributed by atoms with Crippen LogP contribution in [0.5, 0.6) is 0 Å². The third-order valence-electron chi connectivity index (χ3n) is 8.63. The lowest BCUT2D eigenvalue weighted by Gasteiger charge is -2.60. The SMILES string of the molecule is C[C@H]1CC[C@H]2C3CC[C@H]4N(C)C(=O)C(F)=C[C@]4(C)C3CC[C@]12C. The van der Waals surface area contributed by atoms with E-state index in [1.807, 2.05) is 0 Å². The summed E-state index contributed by atoms with van der Waals surface area (Å²) in [5.74, 6) is 1.92. The molecule has 2 unspecified atom stereocenters. The molecule has 1 amide bonds. The molecule has 4 rings (SSSR count). The van der Waals surface area contributed by atoms with Crippen molar-refractivity contribution in [3.05, 3.63) is 11.9 Å². The van der Waals surface area contributed by atoms with E-state index >= 15 is 0 Å². The summed E-state index contributed by atoms with van der Waals surface area (Å²) < 4.78 is 14.3. The zero-order chi connectivity index (χ0) is 16.6. The molecule has 0 spiro atoms. The summed E-state index contributed by atoms with van der Waals surface area (Å²) >= 11 is 0. The second kappa shape index (κ2) is 4.83. The van der Waals surface area contributed by atoms with Crippen LogP contribution in [0.3, 0.4) is 0 Å². The van der Waals surface area contributed by atoms with Crippen molar-refractivity contribution in [3.8, 4) is 0 Å². The van der Waals surface area contributed by atoms with E-state index in [0.29, 0.717) is 17.3 Å². The second-order valence-corrected chi connectivity index (χ2v) is 9.27. The van der Waals surface area contributed by atoms with Gasteiger partial charge in [0.05, 0.1) is 0 Å². The van der Waals surface area contributed by atoms with Gasteiger partial charge in [-0.25, -0.2) is 4.39 Å². The molecular formula is C20H30FNO. The summed E-state index contributed by atoms with van der Waals surface area (Å²) in [6, 6.07) is 0.180. The van der Waals surface area contributed by atoms with Crippen LogP contribution in [0.1, 0.15) is 59.3 Å². The second-order valence-electron chi connectivity index (χ2n) is 9.27. The third-order valence-corrected chi connectivity index (χ3v) is 8.63. The average Bonchev–Trinajstić information content (AvgIpc) is 2.80. The summed E-state index contributed by atoms with van der Waals surface area (Å²) in [7, 11) is 1.79. The van der Waals surface area contributed by atoms with Crippen LogP contribution < -0.4 is 0 Å². The van der Waals surface area contributed by atoms with Gasteiger partial charge >= 0.3 is 0 Å². The number of likely N-dealkylation sites (N-methyl/N-ethyl adjacent to an activating group) is 1. The molecule has 128 valence electrons. The number of fused-ring (bicyclic) bond motifs is 5. The standard InChI is InChI=1S/C20H30FNO/c1-12-5-7-14-13-6-8-17-20(3,11-16(21)18(23)22(17)4)15(13)9-10-19(12,14)2/h11-15,17H,5-10H2,1-4H3/t12-,13?,14-,15?,17+,19+,20+/m0/s1. The summed E-state index contributed by atoms with van der Waals surface area (Å²) in [4.78, 5) is 13.7. The zero-order valence-corrected chi connectivity index (χ0v) is 14.9. The maximum atomic E-state index is 14.3. The predicted octanol–water partition coefficient (Wildman–Crippen LogP) is 4.56. The first-order valence-corrected chi connectivity index (χ1v) is 9.44. The molecule has 0 saturated heterocycles. The maximum absolute atomic E-state index is 14.3. The molecule has 3 heteroatoms. The molecule has 2 nitrogen and oxygen atoms in total. The molecule has 3 aliphatic carbocycles. The Kier molecular flexibility index (Phi) is 3.29. The minimum atomic E-state index is -0.528. The van der Waals surface area contributed by atoms with E-state index in [4.69, 9.17) is 0 Å². The Morgan fingerprint density at radius 1 is 1.13 bits per heavy atom. The lowest BCUT2D eigenvalue weighted by molar-refractivity contribution is -0.142. The monoisotopic (exact) mass is 319 g/mol. The molecule has 1 heterocycles. The Morgan fingerprint density at radius 2 is 1.87 bits per heavy atom. The molecular weight excluding hydrogens is 289 g/mol. The molecule has 4 aliphatic rings. The summed E-state index contributed by atoms with van der Waals surface area (Å²) in [6.07, 6.45) is 9.12. The van der Waals surface area contributed by atoms with Gasteiger partial charge in [-0.05, 0) is 73.7 Å². The summed E-state index contributed by atoms with van der Waals surface area (Å²) in [6.45, 7) is 7.16. The van der Waals surface area contributed by atoms with E-state index in [1.165, 1.54) is 32.1 Å². The Balaban J connectivity index is 1.72. The van der Waals surface area contributed by atoms with Gasteiger partial charge in [0.15, 0.2) is 5.83 Å². The number of carbonyl (C=O) groups excluding carboxylic acids is 1. The summed E-state index contributed by atoms with van der Waals surface area (Å²) in [5, 5.41) is 0. The number of hydrogen-bond acceptors (Lipinski definition) is 1. The third kappa shape index (κ3) is 1.88. The highest BCUT2D eigenvalue weighted by Gasteiger charge is 2.60. The van der Waals surface area contributed by atoms with Crippen molar-refractivity contribution < 1.29 is 9.18 Å². The van der Waals surface area contributed by atoms with Gasteiger partial charge in [-0.3, -0.25) is 4.79 Å². The fourth-order valence-electron chi connectivity index (χ4n) is 7.09. The highest BCUT2D eigenvalue weighted by Crippen LogP contribution is 2.65. The van der Waals surface area contributed by atoms with Crippen molar-refractivity contribution >= 4 is 5.91 Å². The first kappa shape index (κ1) is 15.7. The van der Waals surface area contributed by atoms with E-state index in [2.05, 4.69) is 20.8 Å². The van der Waals surface area contributed by atoms with Crippen molar-refractivity contribution in [1.29, 1.82) is 0 Å². The van der Waals surface area contributed by atoms with Crippen molar-refractivity contribution in [2.45, 2.75) is 65.3 Å². The highest BCUT2D eigenvalue weighted by molar-refractivity contribution is 5.92. The predicted molar refractivity (Wildman–Crippen MR) is 89.3 cm³/mol. The van der Waals surface area contributed by atoms with E-state index in [1.54, 1.807) is 18.0 Å². The van der Waals surface area contributed by atoms with E-state index in [9.17, 15) is 9.18 Å². The molecule has 0 aromatic heterocycles. The Bertz CT molecular complexity index is 572. The van der Waals surface area contributed by atoms with Crippen molar-refractivity contribution in [3.63, 3.8) is 0 Å². The number of nitrogens with zero attached hydrogens (tertiary/aromatic N) is 1. The molecule has 0 aromatic carbocycles. The quantitative estimate of drug-likeness (QED) is 0.641. The van der Waals surface area contributed by atoms with Crippen LogP contribution in [0.25, 0.3) is 0 Å². The van der Waals surface area contributed by atoms with E-state index < -0.39 is 11.7 Å². The van der Waals surface area contributed by atoms with Gasteiger partial charge in [-0.1, -0.05) is 20.8 Å². The molecule has 3 fully saturated rings. The highest BCUT2D eigenvalue weighted by atomic mass is 19.1. The van der Waals surface area contributed by atoms with E-state index in [0.717, 1.165) is 18.3 Å². The van der Waals surface area contributed by atoms with Gasteiger partial charge in [0.25, 0.3) is 5.91 Å². The van der Waals surface area contributed by atoms with Crippen molar-refractivity contribution in [2.75, 3.05) is 7.05 Å². The smallest absolute Gasteiger partial charge is 0.282 e. The molecule has 0 bridgehead atoms. The number of rotatable bonds is 0. The Morgan fingerprint density at radius 3 is 2.61 bits per heavy atom. The van der Waals surface area contributed by atoms with Gasteiger partial charge in [0, 0.05) is 18.5 Å². The van der Waals surface area contributed by atoms with Crippen LogP contribution in [-0.4, -0.2) is 23.9 Å². The van der Waals surface area contributed by atoms with Gasteiger partial charge in [0.1, 0.15) is 0 Å². The van der Waals surface area contributed by atoms with Gasteiger partial charge in [-0.15, -0.1) is 0 Å². The average molecular weight is 319 g/mol. The Labute approximate surface area is 139 Å². The van der Waals surface area contributed by atoms with Crippen LogP contribution in [0, 0.1) is 34.5 Å². The Hall–Kier alpha value is -0.860. The van der Waals surface area contributed by atoms with Crippen LogP contribution in [-0.2, 0) is 4.79 Å². The van der Waals surface area contributed by atoms with Crippen LogP contribution >= 0.6 is 0 Å². The van der Waals surface area contributed by atoms with E-state index in [-0.39, 0.29) is 11.5 Å². The largest absolute Gasteiger partial charge is 0.336 e. The summed E-state index contributed by atoms with van der Waals surface area (Å²) in [5.41, 5.74) is 0.311. The van der Waals surface area contributed by atoms with Gasteiger partial charge in [0.2, 0.25) is 0 Å². The number of carbonyl (C=O) groups is 1. The number of hydrogen-bond donors (Lipinski definition) is 0. The van der Waals surface area contributed by atoms with Crippen LogP contribution in [0.15, 0.2) is 11.9 Å². The molecule has 0 aromatic rings. The first-order chi connectivity index (χ1) is 10.8. The lowest BCUT2D eigenvalue weighted by Crippen LogP contribution is -2.60. The normalized spacial score (nSPS) is 52.6. The number of amides is 1. The molecule has 0 radical (unpaired) electrons. The molecule has 23 heavy (non-hydrogen) atoms. The molecule has 3 saturated carbocycles. The zero-order valence-electron chi connectivity index (χ0n) is 14.9. The topological polar surface area (TPSA) is 20.3 Å². The first-order valence-electron chi connectivity index (χ1n) is 9.44. The molecule has 7 atom stereocenters. The fourth-order valence-corrected chi connectivity index (χ4v) is 7.09. The minimum Gasteiger partial charge on any atom is -0.336 e. The van der Waals surface area contributed by atoms with Crippen molar-refractivity contribution in [1.82, 2.24) is 4.90 Å². The van der Waals surface area contributed by atoms with Crippen LogP contribution in [0.2, 0.25) is 0 Å². The molecule has 0 N–H and O–H groups in total.